The third kappa shape index (κ3) is 4.92. The van der Waals surface area contributed by atoms with Crippen molar-refractivity contribution in [3.05, 3.63) is 77.9 Å². The number of aromatic nitrogens is 4. The quantitative estimate of drug-likeness (QED) is 0.236. The van der Waals surface area contributed by atoms with Crippen molar-refractivity contribution >= 4 is 28.6 Å². The number of rotatable bonds is 9. The fourth-order valence-corrected chi connectivity index (χ4v) is 4.39. The minimum atomic E-state index is -1.26. The van der Waals surface area contributed by atoms with E-state index < -0.39 is 30.5 Å². The average Bonchev–Trinajstić information content (AvgIpc) is 3.48. The van der Waals surface area contributed by atoms with E-state index in [1.165, 1.54) is 35.4 Å². The summed E-state index contributed by atoms with van der Waals surface area (Å²) in [6.07, 6.45) is 0.617. The minimum Gasteiger partial charge on any atom is -0.478 e. The van der Waals surface area contributed by atoms with Crippen molar-refractivity contribution in [3.63, 3.8) is 0 Å². The van der Waals surface area contributed by atoms with Gasteiger partial charge in [-0.25, -0.2) is 19.7 Å². The Balaban J connectivity index is 1.21. The number of nitrogens with zero attached hydrogens (tertiary/aromatic N) is 4. The Morgan fingerprint density at radius 1 is 1.03 bits per heavy atom. The molecule has 12 heteroatoms. The summed E-state index contributed by atoms with van der Waals surface area (Å²) in [7, 11) is 0. The Hall–Kier alpha value is -4.39. The number of pyridine rings is 2. The molecule has 4 atom stereocenters. The molecule has 5 N–H and O–H groups in total. The number of fused-ring (bicyclic) bond motifs is 1. The van der Waals surface area contributed by atoms with Gasteiger partial charge in [-0.05, 0) is 30.2 Å². The van der Waals surface area contributed by atoms with Crippen LogP contribution in [0.4, 0.5) is 5.69 Å². The van der Waals surface area contributed by atoms with E-state index in [1.807, 2.05) is 0 Å². The molecule has 0 spiro atoms. The number of aliphatic hydroxyl groups is 2. The number of ether oxygens (including phenoxy) is 2. The molecule has 1 aromatic carbocycles. The second kappa shape index (κ2) is 10.5. The molecular formula is C26H25N5O7. The predicted molar refractivity (Wildman–Crippen MR) is 134 cm³/mol. The van der Waals surface area contributed by atoms with Crippen LogP contribution in [0.1, 0.15) is 38.9 Å². The highest BCUT2D eigenvalue weighted by Crippen LogP contribution is 2.32. The molecule has 4 aromatic rings. The van der Waals surface area contributed by atoms with Crippen molar-refractivity contribution < 1.29 is 34.4 Å². The summed E-state index contributed by atoms with van der Waals surface area (Å²) in [6, 6.07) is 11.1. The number of nitrogen functional groups attached to an aromatic ring is 1. The third-order valence-corrected chi connectivity index (χ3v) is 6.40. The standard InChI is InChI=1S/C26H25N5O7/c27-17-8-10-29-24-21(17)30-13-31(24)25-23(34)22(33)19(38-25)12-37-20-11-14(7-9-28-20)5-6-18(32)15-3-1-2-4-16(15)26(35)36/h1-4,7-11,13,19,22-23,25,33-34H,5-6,12H2,(H2,27,29)(H,35,36)/t19-,22-,23-,25-/m1/s1. The zero-order valence-corrected chi connectivity index (χ0v) is 20.0. The molecule has 4 heterocycles. The zero-order valence-electron chi connectivity index (χ0n) is 20.0. The van der Waals surface area contributed by atoms with Crippen LogP contribution in [0.2, 0.25) is 0 Å². The number of carboxylic acids is 1. The van der Waals surface area contributed by atoms with E-state index in [0.717, 1.165) is 5.56 Å². The van der Waals surface area contributed by atoms with Gasteiger partial charge in [-0.2, -0.15) is 0 Å². The van der Waals surface area contributed by atoms with E-state index in [4.69, 9.17) is 15.2 Å². The Morgan fingerprint density at radius 2 is 1.79 bits per heavy atom. The SMILES string of the molecule is Nc1ccnc2c1ncn2[C@@H]1O[C@H](COc2cc(CCC(=O)c3ccccc3C(=O)O)ccn2)[C@@H](O)[C@H]1O. The number of nitrogens with two attached hydrogens (primary N) is 1. The Kier molecular flexibility index (Phi) is 7.01. The molecular weight excluding hydrogens is 494 g/mol. The molecule has 0 radical (unpaired) electrons. The molecule has 0 amide bonds. The molecule has 1 fully saturated rings. The van der Waals surface area contributed by atoms with Crippen LogP contribution in [0.15, 0.2) is 61.2 Å². The fourth-order valence-electron chi connectivity index (χ4n) is 4.39. The van der Waals surface area contributed by atoms with Gasteiger partial charge in [0.05, 0.1) is 17.6 Å². The first-order valence-corrected chi connectivity index (χ1v) is 11.9. The molecule has 0 saturated carbocycles. The van der Waals surface area contributed by atoms with E-state index in [-0.39, 0.29) is 35.8 Å². The molecule has 12 nitrogen and oxygen atoms in total. The number of aromatic carboxylic acids is 1. The molecule has 1 aliphatic rings. The second-order valence-corrected chi connectivity index (χ2v) is 8.86. The zero-order chi connectivity index (χ0) is 26.8. The monoisotopic (exact) mass is 519 g/mol. The number of carbonyl (C=O) groups is 2. The molecule has 1 aliphatic heterocycles. The summed E-state index contributed by atoms with van der Waals surface area (Å²) in [5, 5.41) is 30.5. The molecule has 5 rings (SSSR count). The Bertz CT molecular complexity index is 1490. The van der Waals surface area contributed by atoms with E-state index in [0.29, 0.717) is 23.3 Å². The van der Waals surface area contributed by atoms with E-state index in [9.17, 15) is 24.9 Å². The van der Waals surface area contributed by atoms with Crippen molar-refractivity contribution in [1.82, 2.24) is 19.5 Å². The number of hydrogen-bond acceptors (Lipinski definition) is 10. The van der Waals surface area contributed by atoms with E-state index in [1.54, 1.807) is 30.3 Å². The highest BCUT2D eigenvalue weighted by Gasteiger charge is 2.44. The van der Waals surface area contributed by atoms with Gasteiger partial charge in [0, 0.05) is 30.4 Å². The maximum atomic E-state index is 12.6. The number of ketones is 1. The van der Waals surface area contributed by atoms with Gasteiger partial charge in [-0.15, -0.1) is 0 Å². The summed E-state index contributed by atoms with van der Waals surface area (Å²) in [6.45, 7) is -0.0989. The number of imidazole rings is 1. The first-order valence-electron chi connectivity index (χ1n) is 11.9. The van der Waals surface area contributed by atoms with Gasteiger partial charge in [0.15, 0.2) is 17.7 Å². The van der Waals surface area contributed by atoms with Crippen LogP contribution in [-0.2, 0) is 11.2 Å². The normalized spacial score (nSPS) is 21.0. The number of aryl methyl sites for hydroxylation is 1. The van der Waals surface area contributed by atoms with E-state index in [2.05, 4.69) is 15.0 Å². The number of carboxylic acid groups (broad SMARTS) is 1. The molecule has 38 heavy (non-hydrogen) atoms. The lowest BCUT2D eigenvalue weighted by Gasteiger charge is -2.16. The van der Waals surface area contributed by atoms with Gasteiger partial charge in [-0.3, -0.25) is 9.36 Å². The van der Waals surface area contributed by atoms with Crippen molar-refractivity contribution in [2.45, 2.75) is 37.4 Å². The number of hydrogen-bond donors (Lipinski definition) is 4. The van der Waals surface area contributed by atoms with Crippen LogP contribution in [0.25, 0.3) is 11.2 Å². The Morgan fingerprint density at radius 3 is 2.58 bits per heavy atom. The predicted octanol–water partition coefficient (Wildman–Crippen LogP) is 1.62. The molecule has 0 aliphatic carbocycles. The molecule has 196 valence electrons. The number of aliphatic hydroxyl groups excluding tert-OH is 2. The van der Waals surface area contributed by atoms with Crippen LogP contribution in [-0.4, -0.2) is 71.5 Å². The summed E-state index contributed by atoms with van der Waals surface area (Å²) in [5.74, 6) is -1.19. The lowest BCUT2D eigenvalue weighted by atomic mass is 9.99. The highest BCUT2D eigenvalue weighted by atomic mass is 16.6. The van der Waals surface area contributed by atoms with Gasteiger partial charge in [0.25, 0.3) is 0 Å². The van der Waals surface area contributed by atoms with Gasteiger partial charge in [0.2, 0.25) is 5.88 Å². The fraction of sp³-hybridized carbons (Fsp3) is 0.269. The van der Waals surface area contributed by atoms with Crippen molar-refractivity contribution in [1.29, 1.82) is 0 Å². The van der Waals surface area contributed by atoms with Crippen LogP contribution in [0.5, 0.6) is 5.88 Å². The smallest absolute Gasteiger partial charge is 0.336 e. The van der Waals surface area contributed by atoms with Crippen LogP contribution < -0.4 is 10.5 Å². The first-order chi connectivity index (χ1) is 18.3. The first kappa shape index (κ1) is 25.3. The van der Waals surface area contributed by atoms with E-state index >= 15 is 0 Å². The molecule has 0 bridgehead atoms. The van der Waals surface area contributed by atoms with Crippen molar-refractivity contribution in [2.24, 2.45) is 0 Å². The second-order valence-electron chi connectivity index (χ2n) is 8.86. The lowest BCUT2D eigenvalue weighted by Crippen LogP contribution is -2.34. The number of anilines is 1. The molecule has 3 aromatic heterocycles. The minimum absolute atomic E-state index is 0.0326. The third-order valence-electron chi connectivity index (χ3n) is 6.40. The maximum Gasteiger partial charge on any atom is 0.336 e. The van der Waals surface area contributed by atoms with Crippen molar-refractivity contribution in [3.8, 4) is 5.88 Å². The van der Waals surface area contributed by atoms with Crippen LogP contribution >= 0.6 is 0 Å². The van der Waals surface area contributed by atoms with Gasteiger partial charge >= 0.3 is 5.97 Å². The van der Waals surface area contributed by atoms with Gasteiger partial charge in [-0.1, -0.05) is 18.2 Å². The van der Waals surface area contributed by atoms with Gasteiger partial charge < -0.3 is 30.5 Å². The molecule has 0 unspecified atom stereocenters. The number of carbonyl (C=O) groups excluding carboxylic acids is 1. The maximum absolute atomic E-state index is 12.6. The summed E-state index contributed by atoms with van der Waals surface area (Å²) in [4.78, 5) is 36.7. The molecule has 1 saturated heterocycles. The van der Waals surface area contributed by atoms with Crippen molar-refractivity contribution in [2.75, 3.05) is 12.3 Å². The van der Waals surface area contributed by atoms with Crippen LogP contribution in [0.3, 0.4) is 0 Å². The number of benzene rings is 1. The average molecular weight is 520 g/mol. The lowest BCUT2D eigenvalue weighted by molar-refractivity contribution is -0.0479. The summed E-state index contributed by atoms with van der Waals surface area (Å²) < 4.78 is 13.1. The Labute approximate surface area is 216 Å². The van der Waals surface area contributed by atoms with Gasteiger partial charge in [0.1, 0.15) is 30.4 Å². The van der Waals surface area contributed by atoms with Crippen LogP contribution in [0, 0.1) is 0 Å². The largest absolute Gasteiger partial charge is 0.478 e. The highest BCUT2D eigenvalue weighted by molar-refractivity contribution is 6.05. The topological polar surface area (TPSA) is 183 Å². The summed E-state index contributed by atoms with van der Waals surface area (Å²) >= 11 is 0. The number of Topliss-reactive ketones (excluding diaryl/α,β-unsaturated/α-hetero) is 1. The summed E-state index contributed by atoms with van der Waals surface area (Å²) in [5.41, 5.74) is 8.13.